The molecular weight excluding hydrogens is 270 g/mol. The molecule has 21 heavy (non-hydrogen) atoms. The number of rotatable bonds is 1. The monoisotopic (exact) mass is 287 g/mol. The molecule has 1 atom stereocenters. The van der Waals surface area contributed by atoms with Crippen LogP contribution in [-0.4, -0.2) is 24.8 Å². The molecule has 2 aromatic heterocycles. The van der Waals surface area contributed by atoms with Gasteiger partial charge in [-0.2, -0.15) is 0 Å². The molecule has 3 heterocycles. The van der Waals surface area contributed by atoms with Crippen LogP contribution < -0.4 is 5.32 Å². The van der Waals surface area contributed by atoms with E-state index in [1.54, 1.807) is 0 Å². The lowest BCUT2D eigenvalue weighted by Crippen LogP contribution is -2.33. The second kappa shape index (κ2) is 4.51. The minimum absolute atomic E-state index is 0.105. The van der Waals surface area contributed by atoms with Gasteiger partial charge in [-0.3, -0.25) is 0 Å². The second-order valence-corrected chi connectivity index (χ2v) is 5.53. The largest absolute Gasteiger partial charge is 0.504 e. The molecule has 1 aliphatic heterocycles. The lowest BCUT2D eigenvalue weighted by molar-refractivity contribution is 0.0289. The number of benzene rings is 1. The summed E-state index contributed by atoms with van der Waals surface area (Å²) in [6.45, 7) is 5.97. The Morgan fingerprint density at radius 1 is 1.10 bits per heavy atom. The van der Waals surface area contributed by atoms with Crippen molar-refractivity contribution in [1.29, 1.82) is 0 Å². The normalized spacial score (nSPS) is 19.6. The molecule has 3 aromatic rings. The van der Waals surface area contributed by atoms with Gasteiger partial charge in [0, 0.05) is 24.0 Å². The maximum Gasteiger partial charge on any atom is 0.177 e. The molecule has 4 rings (SSSR count). The number of aromatic hydroxyl groups is 1. The first kappa shape index (κ1) is 12.7. The van der Waals surface area contributed by atoms with Gasteiger partial charge in [0.1, 0.15) is 17.1 Å². The summed E-state index contributed by atoms with van der Waals surface area (Å²) < 4.78 is 17.4. The molecular formula is C16H17NO4. The van der Waals surface area contributed by atoms with Crippen molar-refractivity contribution in [2.75, 3.05) is 19.7 Å². The highest BCUT2D eigenvalue weighted by Crippen LogP contribution is 2.43. The number of hydrogen-bond acceptors (Lipinski definition) is 5. The maximum atomic E-state index is 10.4. The van der Waals surface area contributed by atoms with E-state index >= 15 is 0 Å². The number of ether oxygens (including phenoxy) is 1. The standard InChI is InChI=1S/C16H17NO4/c1-8-5-10-13(12-7-17-3-4-19-12)15-11(6-9(2)20-15)14(18)16(10)21-8/h5-6,12,17-18H,3-4,7H2,1-2H3. The van der Waals surface area contributed by atoms with Crippen molar-refractivity contribution in [3.05, 3.63) is 29.2 Å². The van der Waals surface area contributed by atoms with Crippen molar-refractivity contribution in [2.45, 2.75) is 20.0 Å². The van der Waals surface area contributed by atoms with Crippen molar-refractivity contribution in [3.63, 3.8) is 0 Å². The van der Waals surface area contributed by atoms with Crippen LogP contribution in [0.15, 0.2) is 21.0 Å². The van der Waals surface area contributed by atoms with Gasteiger partial charge in [0.25, 0.3) is 0 Å². The number of nitrogens with one attached hydrogen (secondary N) is 1. The minimum atomic E-state index is -0.105. The van der Waals surface area contributed by atoms with Crippen molar-refractivity contribution < 1.29 is 18.7 Å². The lowest BCUT2D eigenvalue weighted by Gasteiger charge is -2.24. The van der Waals surface area contributed by atoms with Crippen LogP contribution in [0.4, 0.5) is 0 Å². The summed E-state index contributed by atoms with van der Waals surface area (Å²) in [5.41, 5.74) is 2.15. The first-order valence-electron chi connectivity index (χ1n) is 7.12. The molecule has 0 spiro atoms. The molecule has 0 bridgehead atoms. The number of fused-ring (bicyclic) bond motifs is 2. The summed E-state index contributed by atoms with van der Waals surface area (Å²) in [5, 5.41) is 15.3. The fourth-order valence-corrected chi connectivity index (χ4v) is 3.10. The average Bonchev–Trinajstić information content (AvgIpc) is 3.03. The van der Waals surface area contributed by atoms with E-state index in [0.29, 0.717) is 23.2 Å². The zero-order chi connectivity index (χ0) is 14.6. The van der Waals surface area contributed by atoms with E-state index in [4.69, 9.17) is 13.6 Å². The first-order chi connectivity index (χ1) is 10.1. The summed E-state index contributed by atoms with van der Waals surface area (Å²) in [4.78, 5) is 0. The molecule has 1 fully saturated rings. The summed E-state index contributed by atoms with van der Waals surface area (Å²) in [5.74, 6) is 1.65. The van der Waals surface area contributed by atoms with Gasteiger partial charge in [0.2, 0.25) is 0 Å². The Balaban J connectivity index is 2.09. The summed E-state index contributed by atoms with van der Waals surface area (Å²) in [7, 11) is 0. The van der Waals surface area contributed by atoms with Crippen LogP contribution in [0, 0.1) is 13.8 Å². The molecule has 1 saturated heterocycles. The van der Waals surface area contributed by atoms with Crippen LogP contribution in [0.3, 0.4) is 0 Å². The highest BCUT2D eigenvalue weighted by Gasteiger charge is 2.27. The van der Waals surface area contributed by atoms with E-state index in [1.807, 2.05) is 26.0 Å². The highest BCUT2D eigenvalue weighted by atomic mass is 16.5. The molecule has 0 saturated carbocycles. The topological polar surface area (TPSA) is 67.8 Å². The quantitative estimate of drug-likeness (QED) is 0.719. The fraction of sp³-hybridized carbons (Fsp3) is 0.375. The smallest absolute Gasteiger partial charge is 0.177 e. The molecule has 5 nitrogen and oxygen atoms in total. The van der Waals surface area contributed by atoms with Gasteiger partial charge < -0.3 is 24.0 Å². The Hall–Kier alpha value is -1.98. The van der Waals surface area contributed by atoms with Crippen LogP contribution in [0.1, 0.15) is 23.2 Å². The lowest BCUT2D eigenvalue weighted by atomic mass is 10.00. The number of morpholine rings is 1. The number of furan rings is 2. The molecule has 2 N–H and O–H groups in total. The third-order valence-electron chi connectivity index (χ3n) is 3.97. The van der Waals surface area contributed by atoms with Gasteiger partial charge in [0.05, 0.1) is 18.1 Å². The van der Waals surface area contributed by atoms with Crippen LogP contribution in [0.5, 0.6) is 5.75 Å². The Labute approximate surface area is 121 Å². The van der Waals surface area contributed by atoms with Crippen LogP contribution in [0.25, 0.3) is 21.9 Å². The van der Waals surface area contributed by atoms with Crippen LogP contribution in [0.2, 0.25) is 0 Å². The molecule has 1 aromatic carbocycles. The van der Waals surface area contributed by atoms with Gasteiger partial charge in [-0.05, 0) is 26.0 Å². The Morgan fingerprint density at radius 3 is 2.52 bits per heavy atom. The van der Waals surface area contributed by atoms with Gasteiger partial charge in [-0.1, -0.05) is 0 Å². The Bertz CT molecular complexity index is 766. The van der Waals surface area contributed by atoms with Gasteiger partial charge >= 0.3 is 0 Å². The van der Waals surface area contributed by atoms with E-state index in [2.05, 4.69) is 5.32 Å². The SMILES string of the molecule is Cc1cc2c(C3CNCCO3)c3oc(C)cc3c(O)c2o1. The second-order valence-electron chi connectivity index (χ2n) is 5.53. The average molecular weight is 287 g/mol. The van der Waals surface area contributed by atoms with E-state index in [-0.39, 0.29) is 11.9 Å². The maximum absolute atomic E-state index is 10.4. The number of phenols is 1. The molecule has 1 aliphatic rings. The van der Waals surface area contributed by atoms with Crippen molar-refractivity contribution >= 4 is 21.9 Å². The van der Waals surface area contributed by atoms with Gasteiger partial charge in [-0.15, -0.1) is 0 Å². The predicted octanol–water partition coefficient (Wildman–Crippen LogP) is 3.16. The Kier molecular flexibility index (Phi) is 2.74. The van der Waals surface area contributed by atoms with Crippen LogP contribution >= 0.6 is 0 Å². The summed E-state index contributed by atoms with van der Waals surface area (Å²) in [6.07, 6.45) is -0.105. The zero-order valence-corrected chi connectivity index (χ0v) is 12.0. The van der Waals surface area contributed by atoms with Gasteiger partial charge in [-0.25, -0.2) is 0 Å². The predicted molar refractivity (Wildman–Crippen MR) is 78.7 cm³/mol. The fourth-order valence-electron chi connectivity index (χ4n) is 3.10. The molecule has 1 unspecified atom stereocenters. The molecule has 5 heteroatoms. The third-order valence-corrected chi connectivity index (χ3v) is 3.97. The Morgan fingerprint density at radius 2 is 1.81 bits per heavy atom. The summed E-state index contributed by atoms with van der Waals surface area (Å²) >= 11 is 0. The molecule has 0 radical (unpaired) electrons. The van der Waals surface area contributed by atoms with E-state index in [1.165, 1.54) is 0 Å². The molecule has 110 valence electrons. The van der Waals surface area contributed by atoms with E-state index in [9.17, 15) is 5.11 Å². The minimum Gasteiger partial charge on any atom is -0.504 e. The third kappa shape index (κ3) is 1.85. The van der Waals surface area contributed by atoms with Crippen molar-refractivity contribution in [1.82, 2.24) is 5.32 Å². The van der Waals surface area contributed by atoms with Crippen molar-refractivity contribution in [3.8, 4) is 5.75 Å². The summed E-state index contributed by atoms with van der Waals surface area (Å²) in [6, 6.07) is 3.77. The first-order valence-corrected chi connectivity index (χ1v) is 7.12. The van der Waals surface area contributed by atoms with Crippen molar-refractivity contribution in [2.24, 2.45) is 0 Å². The van der Waals surface area contributed by atoms with Gasteiger partial charge in [0.15, 0.2) is 11.3 Å². The van der Waals surface area contributed by atoms with E-state index < -0.39 is 0 Å². The van der Waals surface area contributed by atoms with Crippen LogP contribution in [-0.2, 0) is 4.74 Å². The molecule has 0 amide bonds. The number of phenolic OH excluding ortho intramolecular Hbond substituents is 1. The number of aryl methyl sites for hydroxylation is 2. The van der Waals surface area contributed by atoms with E-state index in [0.717, 1.165) is 35.6 Å². The molecule has 0 aliphatic carbocycles. The number of hydrogen-bond donors (Lipinski definition) is 2. The highest BCUT2D eigenvalue weighted by molar-refractivity contribution is 6.04. The zero-order valence-electron chi connectivity index (χ0n) is 12.0.